The minimum absolute atomic E-state index is 0.133. The summed E-state index contributed by atoms with van der Waals surface area (Å²) in [5.41, 5.74) is 3.22. The lowest BCUT2D eigenvalue weighted by Crippen LogP contribution is -2.44. The lowest BCUT2D eigenvalue weighted by Gasteiger charge is -2.37. The topological polar surface area (TPSA) is 21.3 Å². The molecule has 1 aromatic carbocycles. The van der Waals surface area contributed by atoms with Crippen molar-refractivity contribution in [3.8, 4) is 5.75 Å². The maximum Gasteiger partial charge on any atom is 0.122 e. The zero-order chi connectivity index (χ0) is 15.7. The monoisotopic (exact) mass is 289 g/mol. The van der Waals surface area contributed by atoms with Crippen LogP contribution in [0.3, 0.4) is 0 Å². The van der Waals surface area contributed by atoms with Crippen LogP contribution >= 0.6 is 0 Å². The molecule has 2 nitrogen and oxygen atoms in total. The maximum absolute atomic E-state index is 5.61. The molecule has 2 heteroatoms. The average molecular weight is 289 g/mol. The van der Waals surface area contributed by atoms with Crippen LogP contribution < -0.4 is 10.1 Å². The first-order valence-corrected chi connectivity index (χ1v) is 8.23. The molecule has 0 radical (unpaired) electrons. The number of fused-ring (bicyclic) bond motifs is 1. The van der Waals surface area contributed by atoms with Gasteiger partial charge >= 0.3 is 0 Å². The molecule has 0 spiro atoms. The van der Waals surface area contributed by atoms with Crippen LogP contribution in [0.15, 0.2) is 18.2 Å². The van der Waals surface area contributed by atoms with Gasteiger partial charge in [0.2, 0.25) is 0 Å². The lowest BCUT2D eigenvalue weighted by molar-refractivity contribution is 0.220. The second-order valence-corrected chi connectivity index (χ2v) is 8.19. The molecule has 1 heterocycles. The van der Waals surface area contributed by atoms with E-state index in [-0.39, 0.29) is 5.54 Å². The van der Waals surface area contributed by atoms with Gasteiger partial charge in [0.15, 0.2) is 0 Å². The fourth-order valence-electron chi connectivity index (χ4n) is 3.69. The molecule has 1 N–H and O–H groups in total. The average Bonchev–Trinajstić information content (AvgIpc) is 2.80. The molecule has 2 rings (SSSR count). The zero-order valence-electron chi connectivity index (χ0n) is 14.5. The largest absolute Gasteiger partial charge is 0.493 e. The van der Waals surface area contributed by atoms with E-state index in [0.29, 0.717) is 11.5 Å². The summed E-state index contributed by atoms with van der Waals surface area (Å²) in [6.45, 7) is 14.7. The van der Waals surface area contributed by atoms with E-state index in [0.717, 1.165) is 31.6 Å². The number of rotatable bonds is 5. The Labute approximate surface area is 130 Å². The molecule has 1 aliphatic rings. The van der Waals surface area contributed by atoms with Gasteiger partial charge in [0.1, 0.15) is 5.75 Å². The Balaban J connectivity index is 2.13. The molecular formula is C19H31NO. The van der Waals surface area contributed by atoms with E-state index in [1.807, 2.05) is 0 Å². The van der Waals surface area contributed by atoms with Crippen molar-refractivity contribution in [3.05, 3.63) is 29.3 Å². The fraction of sp³-hybridized carbons (Fsp3) is 0.684. The SMILES string of the molecule is CCC(NC(C)(C)CC(C)(C)C)c1ccc2c(c1)CCO2. The fourth-order valence-corrected chi connectivity index (χ4v) is 3.69. The van der Waals surface area contributed by atoms with E-state index in [1.165, 1.54) is 11.1 Å². The highest BCUT2D eigenvalue weighted by molar-refractivity contribution is 5.40. The Morgan fingerprint density at radius 3 is 2.52 bits per heavy atom. The van der Waals surface area contributed by atoms with Crippen LogP contribution in [0.2, 0.25) is 0 Å². The molecule has 0 aliphatic carbocycles. The minimum atomic E-state index is 0.133. The van der Waals surface area contributed by atoms with Gasteiger partial charge in [-0.3, -0.25) is 0 Å². The van der Waals surface area contributed by atoms with Gasteiger partial charge < -0.3 is 10.1 Å². The van der Waals surface area contributed by atoms with Crippen molar-refractivity contribution < 1.29 is 4.74 Å². The summed E-state index contributed by atoms with van der Waals surface area (Å²) < 4.78 is 5.61. The molecule has 1 aliphatic heterocycles. The summed E-state index contributed by atoms with van der Waals surface area (Å²) >= 11 is 0. The van der Waals surface area contributed by atoms with Crippen LogP contribution in [0.4, 0.5) is 0 Å². The van der Waals surface area contributed by atoms with Crippen molar-refractivity contribution in [1.82, 2.24) is 5.32 Å². The molecule has 0 saturated carbocycles. The van der Waals surface area contributed by atoms with Crippen molar-refractivity contribution in [2.24, 2.45) is 5.41 Å². The van der Waals surface area contributed by atoms with Crippen LogP contribution in [0, 0.1) is 5.41 Å². The van der Waals surface area contributed by atoms with Crippen molar-refractivity contribution >= 4 is 0 Å². The van der Waals surface area contributed by atoms with Crippen LogP contribution in [0.5, 0.6) is 5.75 Å². The van der Waals surface area contributed by atoms with Crippen LogP contribution in [-0.2, 0) is 6.42 Å². The Hall–Kier alpha value is -1.02. The van der Waals surface area contributed by atoms with E-state index in [9.17, 15) is 0 Å². The minimum Gasteiger partial charge on any atom is -0.493 e. The molecule has 118 valence electrons. The number of hydrogen-bond donors (Lipinski definition) is 1. The quantitative estimate of drug-likeness (QED) is 0.834. The van der Waals surface area contributed by atoms with Crippen molar-refractivity contribution in [2.75, 3.05) is 6.61 Å². The van der Waals surface area contributed by atoms with Gasteiger partial charge in [-0.25, -0.2) is 0 Å². The Kier molecular flexibility index (Phi) is 4.67. The molecule has 1 aromatic rings. The van der Waals surface area contributed by atoms with E-state index in [2.05, 4.69) is 65.1 Å². The second-order valence-electron chi connectivity index (χ2n) is 8.19. The molecular weight excluding hydrogens is 258 g/mol. The third-order valence-electron chi connectivity index (χ3n) is 4.06. The normalized spacial score (nSPS) is 16.5. The Bertz CT molecular complexity index is 485. The highest BCUT2D eigenvalue weighted by Gasteiger charge is 2.28. The van der Waals surface area contributed by atoms with Gasteiger partial charge in [-0.15, -0.1) is 0 Å². The summed E-state index contributed by atoms with van der Waals surface area (Å²) in [6, 6.07) is 7.10. The molecule has 1 atom stereocenters. The van der Waals surface area contributed by atoms with E-state index in [1.54, 1.807) is 0 Å². The standard InChI is InChI=1S/C19H31NO/c1-7-16(20-19(5,6)13-18(2,3)4)14-8-9-17-15(12-14)10-11-21-17/h8-9,12,16,20H,7,10-11,13H2,1-6H3. The summed E-state index contributed by atoms with van der Waals surface area (Å²) in [5, 5.41) is 3.87. The van der Waals surface area contributed by atoms with Crippen LogP contribution in [0.1, 0.15) is 71.6 Å². The summed E-state index contributed by atoms with van der Waals surface area (Å²) in [4.78, 5) is 0. The molecule has 0 bridgehead atoms. The van der Waals surface area contributed by atoms with Gasteiger partial charge in [0.25, 0.3) is 0 Å². The van der Waals surface area contributed by atoms with Crippen LogP contribution in [-0.4, -0.2) is 12.1 Å². The van der Waals surface area contributed by atoms with E-state index < -0.39 is 0 Å². The summed E-state index contributed by atoms with van der Waals surface area (Å²) in [6.07, 6.45) is 3.31. The Morgan fingerprint density at radius 2 is 1.90 bits per heavy atom. The molecule has 0 amide bonds. The molecule has 0 saturated heterocycles. The number of hydrogen-bond acceptors (Lipinski definition) is 2. The van der Waals surface area contributed by atoms with E-state index in [4.69, 9.17) is 4.74 Å². The Morgan fingerprint density at radius 1 is 1.19 bits per heavy atom. The van der Waals surface area contributed by atoms with Crippen molar-refractivity contribution in [1.29, 1.82) is 0 Å². The smallest absolute Gasteiger partial charge is 0.122 e. The predicted molar refractivity (Wildman–Crippen MR) is 90.0 cm³/mol. The van der Waals surface area contributed by atoms with Gasteiger partial charge in [-0.1, -0.05) is 39.8 Å². The first-order valence-electron chi connectivity index (χ1n) is 8.23. The predicted octanol–water partition coefficient (Wildman–Crippen LogP) is 4.88. The van der Waals surface area contributed by atoms with Gasteiger partial charge in [-0.2, -0.15) is 0 Å². The van der Waals surface area contributed by atoms with Crippen LogP contribution in [0.25, 0.3) is 0 Å². The first kappa shape index (κ1) is 16.4. The molecule has 0 aromatic heterocycles. The van der Waals surface area contributed by atoms with Crippen molar-refractivity contribution in [3.63, 3.8) is 0 Å². The third kappa shape index (κ3) is 4.47. The lowest BCUT2D eigenvalue weighted by atomic mass is 9.81. The zero-order valence-corrected chi connectivity index (χ0v) is 14.5. The highest BCUT2D eigenvalue weighted by atomic mass is 16.5. The first-order chi connectivity index (χ1) is 9.70. The van der Waals surface area contributed by atoms with E-state index >= 15 is 0 Å². The summed E-state index contributed by atoms with van der Waals surface area (Å²) in [5.74, 6) is 1.07. The maximum atomic E-state index is 5.61. The van der Waals surface area contributed by atoms with Gasteiger partial charge in [0.05, 0.1) is 6.61 Å². The van der Waals surface area contributed by atoms with Gasteiger partial charge in [0, 0.05) is 18.0 Å². The second kappa shape index (κ2) is 6.00. The number of ether oxygens (including phenoxy) is 1. The van der Waals surface area contributed by atoms with Crippen molar-refractivity contribution in [2.45, 2.75) is 72.4 Å². The molecule has 0 fully saturated rings. The highest BCUT2D eigenvalue weighted by Crippen LogP contribution is 2.32. The third-order valence-corrected chi connectivity index (χ3v) is 4.06. The molecule has 21 heavy (non-hydrogen) atoms. The molecule has 1 unspecified atom stereocenters. The number of benzene rings is 1. The van der Waals surface area contributed by atoms with Gasteiger partial charge in [-0.05, 0) is 49.3 Å². The number of nitrogens with one attached hydrogen (secondary N) is 1. The summed E-state index contributed by atoms with van der Waals surface area (Å²) in [7, 11) is 0.